The van der Waals surface area contributed by atoms with Crippen LogP contribution in [0.4, 0.5) is 11.5 Å². The average molecular weight is 256 g/mol. The molecule has 2 aliphatic heterocycles. The molecule has 1 aromatic rings. The van der Waals surface area contributed by atoms with Gasteiger partial charge in [0.2, 0.25) is 5.28 Å². The minimum Gasteiger partial charge on any atom is -0.394 e. The third-order valence-electron chi connectivity index (χ3n) is 3.26. The van der Waals surface area contributed by atoms with Gasteiger partial charge in [-0.25, -0.2) is 9.99 Å². The van der Waals surface area contributed by atoms with Gasteiger partial charge in [-0.15, -0.1) is 0 Å². The van der Waals surface area contributed by atoms with E-state index in [0.29, 0.717) is 23.6 Å². The second-order valence-corrected chi connectivity index (χ2v) is 4.72. The van der Waals surface area contributed by atoms with Gasteiger partial charge in [-0.3, -0.25) is 0 Å². The Balaban J connectivity index is 1.80. The number of nitrogens with two attached hydrogens (primary N) is 1. The van der Waals surface area contributed by atoms with E-state index in [1.165, 1.54) is 6.20 Å². The Bertz CT molecular complexity index is 413. The largest absolute Gasteiger partial charge is 0.394 e. The first kappa shape index (κ1) is 11.0. The maximum atomic E-state index is 5.81. The van der Waals surface area contributed by atoms with Crippen molar-refractivity contribution in [3.05, 3.63) is 11.5 Å². The maximum Gasteiger partial charge on any atom is 0.224 e. The number of hydrogen-bond acceptors (Lipinski definition) is 6. The zero-order chi connectivity index (χ0) is 11.8. The summed E-state index contributed by atoms with van der Waals surface area (Å²) < 4.78 is 5.51. The lowest BCUT2D eigenvalue weighted by Crippen LogP contribution is -2.49. The first-order valence-corrected chi connectivity index (χ1v) is 6.02. The van der Waals surface area contributed by atoms with Gasteiger partial charge in [0, 0.05) is 0 Å². The highest BCUT2D eigenvalue weighted by Crippen LogP contribution is 2.29. The summed E-state index contributed by atoms with van der Waals surface area (Å²) in [6.07, 6.45) is 3.78. The van der Waals surface area contributed by atoms with Crippen LogP contribution >= 0.6 is 11.6 Å². The molecule has 3 heterocycles. The molecule has 3 rings (SSSR count). The highest BCUT2D eigenvalue weighted by Gasteiger charge is 2.38. The number of fused-ring (bicyclic) bond motifs is 2. The van der Waals surface area contributed by atoms with E-state index < -0.39 is 0 Å². The van der Waals surface area contributed by atoms with Crippen LogP contribution in [0.25, 0.3) is 0 Å². The van der Waals surface area contributed by atoms with Crippen LogP contribution in [0, 0.1) is 0 Å². The standard InChI is InChI=1S/C10H14ClN5O/c11-10-13-3-8(12)9(14-10)15-16-6-1-2-7(16)5-17-4-6/h3,6-7H,1-2,4-5,12H2,(H,13,14,15). The van der Waals surface area contributed by atoms with Crippen molar-refractivity contribution >= 4 is 23.1 Å². The number of ether oxygens (including phenoxy) is 1. The molecule has 0 aliphatic carbocycles. The summed E-state index contributed by atoms with van der Waals surface area (Å²) in [5, 5.41) is 2.38. The Hall–Kier alpha value is -1.11. The molecule has 2 unspecified atom stereocenters. The van der Waals surface area contributed by atoms with Crippen molar-refractivity contribution in [1.29, 1.82) is 0 Å². The van der Waals surface area contributed by atoms with E-state index in [4.69, 9.17) is 22.1 Å². The molecule has 0 saturated carbocycles. The molecule has 0 radical (unpaired) electrons. The third-order valence-corrected chi connectivity index (χ3v) is 3.45. The number of hydrazine groups is 1. The first-order valence-electron chi connectivity index (χ1n) is 5.65. The smallest absolute Gasteiger partial charge is 0.224 e. The van der Waals surface area contributed by atoms with Crippen molar-refractivity contribution < 1.29 is 4.74 Å². The van der Waals surface area contributed by atoms with Crippen molar-refractivity contribution in [2.45, 2.75) is 24.9 Å². The fourth-order valence-electron chi connectivity index (χ4n) is 2.39. The number of hydrogen-bond donors (Lipinski definition) is 2. The van der Waals surface area contributed by atoms with Gasteiger partial charge in [-0.2, -0.15) is 4.98 Å². The molecule has 0 aromatic carbocycles. The SMILES string of the molecule is Nc1cnc(Cl)nc1NN1C2CCC1COC2. The van der Waals surface area contributed by atoms with E-state index in [0.717, 1.165) is 26.1 Å². The number of nitrogens with zero attached hydrogens (tertiary/aromatic N) is 3. The molecule has 2 atom stereocenters. The van der Waals surface area contributed by atoms with E-state index in [1.807, 2.05) is 0 Å². The highest BCUT2D eigenvalue weighted by molar-refractivity contribution is 6.28. The summed E-state index contributed by atoms with van der Waals surface area (Å²) in [7, 11) is 0. The Morgan fingerprint density at radius 2 is 2.12 bits per heavy atom. The lowest BCUT2D eigenvalue weighted by atomic mass is 10.2. The van der Waals surface area contributed by atoms with Crippen LogP contribution < -0.4 is 11.2 Å². The summed E-state index contributed by atoms with van der Waals surface area (Å²) in [5.41, 5.74) is 9.56. The van der Waals surface area contributed by atoms with Crippen molar-refractivity contribution in [3.63, 3.8) is 0 Å². The summed E-state index contributed by atoms with van der Waals surface area (Å²) in [4.78, 5) is 7.93. The van der Waals surface area contributed by atoms with E-state index in [1.54, 1.807) is 0 Å². The Kier molecular flexibility index (Phi) is 2.78. The van der Waals surface area contributed by atoms with Gasteiger partial charge in [0.05, 0.1) is 37.2 Å². The van der Waals surface area contributed by atoms with Gasteiger partial charge >= 0.3 is 0 Å². The molecule has 0 spiro atoms. The Morgan fingerprint density at radius 3 is 2.82 bits per heavy atom. The molecule has 6 nitrogen and oxygen atoms in total. The monoisotopic (exact) mass is 255 g/mol. The van der Waals surface area contributed by atoms with Crippen LogP contribution in [-0.4, -0.2) is 40.3 Å². The van der Waals surface area contributed by atoms with Crippen molar-refractivity contribution in [2.24, 2.45) is 0 Å². The lowest BCUT2D eigenvalue weighted by molar-refractivity contribution is -0.00151. The minimum atomic E-state index is 0.197. The summed E-state index contributed by atoms with van der Waals surface area (Å²) in [5.74, 6) is 0.573. The van der Waals surface area contributed by atoms with Crippen LogP contribution in [-0.2, 0) is 4.74 Å². The topological polar surface area (TPSA) is 76.3 Å². The third kappa shape index (κ3) is 2.03. The quantitative estimate of drug-likeness (QED) is 0.765. The highest BCUT2D eigenvalue weighted by atomic mass is 35.5. The fraction of sp³-hybridized carbons (Fsp3) is 0.600. The molecule has 3 N–H and O–H groups in total. The van der Waals surface area contributed by atoms with Crippen LogP contribution in [0.1, 0.15) is 12.8 Å². The fourth-order valence-corrected chi connectivity index (χ4v) is 2.53. The average Bonchev–Trinajstić information content (AvgIpc) is 2.55. The molecule has 7 heteroatoms. The van der Waals surface area contributed by atoms with Gasteiger partial charge in [0.1, 0.15) is 0 Å². The van der Waals surface area contributed by atoms with Crippen LogP contribution in [0.3, 0.4) is 0 Å². The predicted octanol–water partition coefficient (Wildman–Crippen LogP) is 0.902. The molecule has 2 bridgehead atoms. The van der Waals surface area contributed by atoms with Crippen LogP contribution in [0.15, 0.2) is 6.20 Å². The number of halogens is 1. The van der Waals surface area contributed by atoms with Gasteiger partial charge in [-0.05, 0) is 24.4 Å². The number of anilines is 2. The molecule has 92 valence electrons. The van der Waals surface area contributed by atoms with Gasteiger partial charge < -0.3 is 15.9 Å². The normalized spacial score (nSPS) is 28.3. The van der Waals surface area contributed by atoms with Gasteiger partial charge in [0.25, 0.3) is 0 Å². The summed E-state index contributed by atoms with van der Waals surface area (Å²) >= 11 is 5.76. The van der Waals surface area contributed by atoms with E-state index >= 15 is 0 Å². The molecule has 2 aliphatic rings. The van der Waals surface area contributed by atoms with Crippen LogP contribution in [0.5, 0.6) is 0 Å². The van der Waals surface area contributed by atoms with Crippen molar-refractivity contribution in [1.82, 2.24) is 15.0 Å². The van der Waals surface area contributed by atoms with Gasteiger partial charge in [-0.1, -0.05) is 0 Å². The first-order chi connectivity index (χ1) is 8.24. The molecule has 2 saturated heterocycles. The zero-order valence-corrected chi connectivity index (χ0v) is 10.0. The van der Waals surface area contributed by atoms with Crippen LogP contribution in [0.2, 0.25) is 5.28 Å². The minimum absolute atomic E-state index is 0.197. The number of nitrogen functional groups attached to an aromatic ring is 1. The second kappa shape index (κ2) is 4.29. The maximum absolute atomic E-state index is 5.81. The summed E-state index contributed by atoms with van der Waals surface area (Å²) in [6, 6.07) is 0.781. The van der Waals surface area contributed by atoms with Crippen molar-refractivity contribution in [3.8, 4) is 0 Å². The number of morpholine rings is 1. The zero-order valence-electron chi connectivity index (χ0n) is 9.27. The van der Waals surface area contributed by atoms with E-state index in [-0.39, 0.29) is 5.28 Å². The van der Waals surface area contributed by atoms with E-state index in [9.17, 15) is 0 Å². The molecule has 17 heavy (non-hydrogen) atoms. The van der Waals surface area contributed by atoms with Gasteiger partial charge in [0.15, 0.2) is 5.82 Å². The Labute approximate surface area is 104 Å². The van der Waals surface area contributed by atoms with E-state index in [2.05, 4.69) is 20.4 Å². The number of nitrogens with one attached hydrogen (secondary N) is 1. The lowest BCUT2D eigenvalue weighted by Gasteiger charge is -2.35. The predicted molar refractivity (Wildman–Crippen MR) is 64.5 cm³/mol. The summed E-state index contributed by atoms with van der Waals surface area (Å²) in [6.45, 7) is 1.50. The number of rotatable bonds is 2. The molecule has 1 aromatic heterocycles. The Morgan fingerprint density at radius 1 is 1.41 bits per heavy atom. The van der Waals surface area contributed by atoms with Crippen molar-refractivity contribution in [2.75, 3.05) is 24.4 Å². The molecule has 2 fully saturated rings. The molecular weight excluding hydrogens is 242 g/mol. The number of aromatic nitrogens is 2. The molecule has 0 amide bonds. The second-order valence-electron chi connectivity index (χ2n) is 4.38. The molecular formula is C10H14ClN5O.